The molecule has 2 saturated heterocycles. The van der Waals surface area contributed by atoms with Gasteiger partial charge in [0.1, 0.15) is 73.4 Å². The average Bonchev–Trinajstić information content (AvgIpc) is 2.93. The highest BCUT2D eigenvalue weighted by molar-refractivity contribution is 5.26. The summed E-state index contributed by atoms with van der Waals surface area (Å²) in [6.07, 6.45) is -16.2. The number of hydrogen-bond donors (Lipinski definition) is 10. The molecule has 0 radical (unpaired) electrons. The second-order valence-corrected chi connectivity index (χ2v) is 10.7. The third-order valence-electron chi connectivity index (χ3n) is 7.74. The van der Waals surface area contributed by atoms with Gasteiger partial charge in [-0.1, -0.05) is 17.7 Å². The lowest BCUT2D eigenvalue weighted by molar-refractivity contribution is -0.331. The highest BCUT2D eigenvalue weighted by Crippen LogP contribution is 2.31. The van der Waals surface area contributed by atoms with Crippen molar-refractivity contribution in [3.05, 3.63) is 29.8 Å². The molecule has 3 fully saturated rings. The molecule has 0 amide bonds. The van der Waals surface area contributed by atoms with Crippen LogP contribution in [-0.2, 0) is 18.9 Å². The van der Waals surface area contributed by atoms with E-state index in [1.54, 1.807) is 12.1 Å². The third kappa shape index (κ3) is 6.58. The van der Waals surface area contributed by atoms with Gasteiger partial charge in [-0.2, -0.15) is 0 Å². The summed E-state index contributed by atoms with van der Waals surface area (Å²) in [5, 5.41) is 63.1. The zero-order chi connectivity index (χ0) is 29.3. The Kier molecular flexibility index (Phi) is 10.3. The van der Waals surface area contributed by atoms with Gasteiger partial charge in [-0.25, -0.2) is 0 Å². The molecule has 1 aromatic carbocycles. The molecule has 15 heteroatoms. The second kappa shape index (κ2) is 13.2. The van der Waals surface area contributed by atoms with E-state index in [0.717, 1.165) is 5.56 Å². The van der Waals surface area contributed by atoms with Gasteiger partial charge in [-0.3, -0.25) is 0 Å². The molecular formula is C25H42N4O11. The van der Waals surface area contributed by atoms with E-state index in [4.69, 9.17) is 46.6 Å². The van der Waals surface area contributed by atoms with E-state index in [-0.39, 0.29) is 19.6 Å². The van der Waals surface area contributed by atoms with Crippen LogP contribution in [0.4, 0.5) is 0 Å². The Bertz CT molecular complexity index is 946. The number of hydrogen-bond acceptors (Lipinski definition) is 15. The summed E-state index contributed by atoms with van der Waals surface area (Å²) in [6.45, 7) is 1.66. The minimum Gasteiger partial charge on any atom is -0.491 e. The summed E-state index contributed by atoms with van der Waals surface area (Å²) in [6, 6.07) is 4.42. The Hall–Kier alpha value is -1.54. The molecule has 0 aromatic heterocycles. The minimum atomic E-state index is -1.66. The van der Waals surface area contributed by atoms with Crippen LogP contribution in [-0.4, -0.2) is 136 Å². The molecular weight excluding hydrogens is 532 g/mol. The number of ether oxygens (including phenoxy) is 5. The Morgan fingerprint density at radius 2 is 1.27 bits per heavy atom. The summed E-state index contributed by atoms with van der Waals surface area (Å²) in [5.41, 5.74) is 25.1. The number of benzene rings is 1. The van der Waals surface area contributed by atoms with Gasteiger partial charge in [-0.05, 0) is 25.5 Å². The predicted octanol–water partition coefficient (Wildman–Crippen LogP) is -4.90. The molecule has 228 valence electrons. The quantitative estimate of drug-likeness (QED) is 0.139. The molecule has 14 N–H and O–H groups in total. The summed E-state index contributed by atoms with van der Waals surface area (Å²) in [5.74, 6) is 0.541. The first-order valence-electron chi connectivity index (χ1n) is 13.3. The fourth-order valence-electron chi connectivity index (χ4n) is 5.20. The fraction of sp³-hybridized carbons (Fsp3) is 0.760. The van der Waals surface area contributed by atoms with Crippen LogP contribution in [0.3, 0.4) is 0 Å². The van der Waals surface area contributed by atoms with Gasteiger partial charge in [0, 0.05) is 18.6 Å². The Morgan fingerprint density at radius 1 is 0.725 bits per heavy atom. The van der Waals surface area contributed by atoms with Crippen LogP contribution in [0.5, 0.6) is 5.75 Å². The molecule has 2 heterocycles. The molecule has 1 aromatic rings. The van der Waals surface area contributed by atoms with E-state index in [0.29, 0.717) is 5.75 Å². The Balaban J connectivity index is 1.43. The van der Waals surface area contributed by atoms with Crippen molar-refractivity contribution in [1.29, 1.82) is 0 Å². The smallest absolute Gasteiger partial charge is 0.187 e. The molecule has 4 rings (SSSR count). The minimum absolute atomic E-state index is 0.0954. The number of rotatable bonds is 8. The van der Waals surface area contributed by atoms with Crippen molar-refractivity contribution in [3.8, 4) is 5.75 Å². The SMILES string of the molecule is Cc1ccc(OCC2OC(OC3C(O)C(OC4OC(CN)C(O)C(O)C4O)C(N)C[C@@H]3N)C(O)C(N)C2O)cc1. The maximum absolute atomic E-state index is 11.2. The molecule has 3 aliphatic rings. The van der Waals surface area contributed by atoms with Crippen molar-refractivity contribution < 1.29 is 54.3 Å². The van der Waals surface area contributed by atoms with Crippen molar-refractivity contribution in [2.45, 2.75) is 105 Å². The van der Waals surface area contributed by atoms with E-state index in [9.17, 15) is 30.6 Å². The fourth-order valence-corrected chi connectivity index (χ4v) is 5.20. The van der Waals surface area contributed by atoms with E-state index in [1.807, 2.05) is 19.1 Å². The molecule has 40 heavy (non-hydrogen) atoms. The highest BCUT2D eigenvalue weighted by Gasteiger charge is 2.51. The third-order valence-corrected chi connectivity index (χ3v) is 7.74. The lowest BCUT2D eigenvalue weighted by Gasteiger charge is -2.48. The number of aliphatic hydroxyl groups excluding tert-OH is 6. The van der Waals surface area contributed by atoms with Gasteiger partial charge in [-0.15, -0.1) is 0 Å². The van der Waals surface area contributed by atoms with Gasteiger partial charge >= 0.3 is 0 Å². The van der Waals surface area contributed by atoms with Crippen molar-refractivity contribution in [2.24, 2.45) is 22.9 Å². The molecule has 2 aliphatic heterocycles. The maximum atomic E-state index is 11.2. The highest BCUT2D eigenvalue weighted by atomic mass is 16.7. The van der Waals surface area contributed by atoms with Crippen molar-refractivity contribution in [1.82, 2.24) is 0 Å². The molecule has 14 unspecified atom stereocenters. The standard InChI is InChI=1S/C25H42N4O11/c1-9-2-4-10(5-3-9)36-8-14-16(30)15(29)18(32)24(38-14)39-22-11(27)6-12(28)23(21(22)35)40-25-20(34)19(33)17(31)13(7-26)37-25/h2-5,11-25,30-35H,6-8,26-29H2,1H3/t11-,12?,13?,14?,15?,16?,17?,18?,19?,20?,21?,22?,23?,24?,25?/m0/s1. The largest absolute Gasteiger partial charge is 0.491 e. The normalized spacial score (nSPS) is 46.2. The monoisotopic (exact) mass is 574 g/mol. The molecule has 15 nitrogen and oxygen atoms in total. The Labute approximate surface area is 231 Å². The zero-order valence-electron chi connectivity index (χ0n) is 22.1. The molecule has 15 atom stereocenters. The second-order valence-electron chi connectivity index (χ2n) is 10.7. The molecule has 1 saturated carbocycles. The Morgan fingerprint density at radius 3 is 1.85 bits per heavy atom. The summed E-state index contributed by atoms with van der Waals surface area (Å²) in [7, 11) is 0. The predicted molar refractivity (Wildman–Crippen MR) is 137 cm³/mol. The number of aliphatic hydroxyl groups is 6. The zero-order valence-corrected chi connectivity index (χ0v) is 22.1. The lowest BCUT2D eigenvalue weighted by atomic mass is 9.84. The van der Waals surface area contributed by atoms with Crippen LogP contribution in [0.15, 0.2) is 24.3 Å². The first-order valence-corrected chi connectivity index (χ1v) is 13.3. The van der Waals surface area contributed by atoms with Crippen LogP contribution in [0.1, 0.15) is 12.0 Å². The van der Waals surface area contributed by atoms with Gasteiger partial charge in [0.25, 0.3) is 0 Å². The van der Waals surface area contributed by atoms with E-state index >= 15 is 0 Å². The van der Waals surface area contributed by atoms with Gasteiger partial charge in [0.15, 0.2) is 12.6 Å². The average molecular weight is 575 g/mol. The number of aryl methyl sites for hydroxylation is 1. The van der Waals surface area contributed by atoms with Crippen LogP contribution in [0, 0.1) is 6.92 Å². The van der Waals surface area contributed by atoms with Crippen LogP contribution < -0.4 is 27.7 Å². The van der Waals surface area contributed by atoms with Crippen molar-refractivity contribution in [3.63, 3.8) is 0 Å². The first kappa shape index (κ1) is 31.4. The van der Waals surface area contributed by atoms with Crippen molar-refractivity contribution >= 4 is 0 Å². The van der Waals surface area contributed by atoms with Gasteiger partial charge < -0.3 is 77.3 Å². The van der Waals surface area contributed by atoms with Gasteiger partial charge in [0.2, 0.25) is 0 Å². The van der Waals surface area contributed by atoms with Gasteiger partial charge in [0.05, 0.1) is 6.04 Å². The number of nitrogens with two attached hydrogens (primary N) is 4. The summed E-state index contributed by atoms with van der Waals surface area (Å²) < 4.78 is 28.7. The van der Waals surface area contributed by atoms with Crippen molar-refractivity contribution in [2.75, 3.05) is 13.2 Å². The first-order chi connectivity index (χ1) is 18.9. The lowest BCUT2D eigenvalue weighted by Crippen LogP contribution is -2.68. The van der Waals surface area contributed by atoms with E-state index < -0.39 is 91.7 Å². The summed E-state index contributed by atoms with van der Waals surface area (Å²) in [4.78, 5) is 0. The topological polar surface area (TPSA) is 272 Å². The molecule has 0 bridgehead atoms. The molecule has 0 spiro atoms. The van der Waals surface area contributed by atoms with E-state index in [2.05, 4.69) is 0 Å². The van der Waals surface area contributed by atoms with Crippen LogP contribution in [0.2, 0.25) is 0 Å². The van der Waals surface area contributed by atoms with E-state index in [1.165, 1.54) is 0 Å². The molecule has 1 aliphatic carbocycles. The van der Waals surface area contributed by atoms with Crippen LogP contribution in [0.25, 0.3) is 0 Å². The summed E-state index contributed by atoms with van der Waals surface area (Å²) >= 11 is 0. The van der Waals surface area contributed by atoms with Crippen LogP contribution >= 0.6 is 0 Å². The maximum Gasteiger partial charge on any atom is 0.187 e.